The van der Waals surface area contributed by atoms with E-state index in [4.69, 9.17) is 5.73 Å². The summed E-state index contributed by atoms with van der Waals surface area (Å²) in [5.41, 5.74) is 7.68. The number of carbonyl (C=O) groups is 2. The molecule has 2 N–H and O–H groups in total. The molecule has 7 heteroatoms. The minimum Gasteiger partial charge on any atom is -0.337 e. The van der Waals surface area contributed by atoms with Crippen LogP contribution in [0.15, 0.2) is 48.5 Å². The molecule has 0 saturated carbocycles. The summed E-state index contributed by atoms with van der Waals surface area (Å²) in [4.78, 5) is 28.4. The van der Waals surface area contributed by atoms with E-state index < -0.39 is 11.9 Å². The summed E-state index contributed by atoms with van der Waals surface area (Å²) >= 11 is 0. The van der Waals surface area contributed by atoms with Crippen LogP contribution < -0.4 is 5.73 Å². The van der Waals surface area contributed by atoms with Crippen LogP contribution in [0.1, 0.15) is 27.5 Å². The highest BCUT2D eigenvalue weighted by Crippen LogP contribution is 2.16. The largest absolute Gasteiger partial charge is 0.337 e. The molecular weight excluding hydrogens is 369 g/mol. The molecule has 1 fully saturated rings. The van der Waals surface area contributed by atoms with E-state index in [1.165, 1.54) is 6.07 Å². The highest BCUT2D eigenvalue weighted by atomic mass is 35.5. The fourth-order valence-corrected chi connectivity index (χ4v) is 3.04. The predicted octanol–water partition coefficient (Wildman–Crippen LogP) is 2.54. The minimum atomic E-state index is -0.704. The lowest BCUT2D eigenvalue weighted by molar-refractivity contribution is -0.134. The van der Waals surface area contributed by atoms with Gasteiger partial charge in [-0.1, -0.05) is 36.4 Å². The van der Waals surface area contributed by atoms with Gasteiger partial charge in [-0.25, -0.2) is 4.39 Å². The van der Waals surface area contributed by atoms with Gasteiger partial charge in [-0.3, -0.25) is 9.59 Å². The molecule has 5 nitrogen and oxygen atoms in total. The first-order chi connectivity index (χ1) is 12.5. The van der Waals surface area contributed by atoms with Crippen molar-refractivity contribution in [2.75, 3.05) is 26.2 Å². The second kappa shape index (κ2) is 8.97. The molecule has 2 aromatic carbocycles. The highest BCUT2D eigenvalue weighted by molar-refractivity contribution is 5.94. The lowest BCUT2D eigenvalue weighted by Crippen LogP contribution is -2.52. The topological polar surface area (TPSA) is 66.6 Å². The Morgan fingerprint density at radius 2 is 1.59 bits per heavy atom. The maximum Gasteiger partial charge on any atom is 0.254 e. The van der Waals surface area contributed by atoms with Crippen LogP contribution in [0.25, 0.3) is 0 Å². The van der Waals surface area contributed by atoms with E-state index in [0.717, 1.165) is 5.56 Å². The summed E-state index contributed by atoms with van der Waals surface area (Å²) in [6.45, 7) is 3.30. The standard InChI is InChI=1S/C20H22FN3O2.ClH/c1-14-7-8-16(13-17(14)21)19(25)23-9-11-24(12-10-23)20(26)18(22)15-5-3-2-4-6-15;/h2-8,13,18H,9-12,22H2,1H3;1H. The Kier molecular flexibility index (Phi) is 6.93. The molecule has 27 heavy (non-hydrogen) atoms. The van der Waals surface area contributed by atoms with Crippen molar-refractivity contribution in [1.82, 2.24) is 9.80 Å². The second-order valence-electron chi connectivity index (χ2n) is 6.47. The number of benzene rings is 2. The fourth-order valence-electron chi connectivity index (χ4n) is 3.04. The van der Waals surface area contributed by atoms with Crippen molar-refractivity contribution in [1.29, 1.82) is 0 Å². The molecule has 144 valence electrons. The summed E-state index contributed by atoms with van der Waals surface area (Å²) in [7, 11) is 0. The molecule has 0 spiro atoms. The lowest BCUT2D eigenvalue weighted by Gasteiger charge is -2.36. The Balaban J connectivity index is 0.00000261. The SMILES string of the molecule is Cc1ccc(C(=O)N2CCN(C(=O)C(N)c3ccccc3)CC2)cc1F.Cl. The van der Waals surface area contributed by atoms with Crippen molar-refractivity contribution in [3.63, 3.8) is 0 Å². The molecule has 0 aliphatic carbocycles. The molecule has 1 atom stereocenters. The van der Waals surface area contributed by atoms with E-state index in [2.05, 4.69) is 0 Å². The van der Waals surface area contributed by atoms with Gasteiger partial charge in [-0.15, -0.1) is 12.4 Å². The van der Waals surface area contributed by atoms with Crippen molar-refractivity contribution in [3.8, 4) is 0 Å². The van der Waals surface area contributed by atoms with E-state index in [-0.39, 0.29) is 24.2 Å². The van der Waals surface area contributed by atoms with Gasteiger partial charge in [-0.05, 0) is 30.2 Å². The lowest BCUT2D eigenvalue weighted by atomic mass is 10.1. The first kappa shape index (κ1) is 20.9. The quantitative estimate of drug-likeness (QED) is 0.874. The van der Waals surface area contributed by atoms with E-state index in [9.17, 15) is 14.0 Å². The molecule has 2 amide bonds. The monoisotopic (exact) mass is 391 g/mol. The molecule has 1 heterocycles. The summed E-state index contributed by atoms with van der Waals surface area (Å²) < 4.78 is 13.7. The maximum atomic E-state index is 13.7. The van der Waals surface area contributed by atoms with Gasteiger partial charge in [0.25, 0.3) is 5.91 Å². The fraction of sp³-hybridized carbons (Fsp3) is 0.300. The van der Waals surface area contributed by atoms with Crippen molar-refractivity contribution in [2.45, 2.75) is 13.0 Å². The molecule has 0 aromatic heterocycles. The molecule has 2 aromatic rings. The van der Waals surface area contributed by atoms with Crippen LogP contribution in [0.3, 0.4) is 0 Å². The van der Waals surface area contributed by atoms with Gasteiger partial charge in [0.1, 0.15) is 11.9 Å². The molecule has 1 saturated heterocycles. The van der Waals surface area contributed by atoms with Crippen LogP contribution in [0.5, 0.6) is 0 Å². The molecular formula is C20H23ClFN3O2. The van der Waals surface area contributed by atoms with E-state index in [0.29, 0.717) is 37.3 Å². The van der Waals surface area contributed by atoms with Crippen LogP contribution in [0.2, 0.25) is 0 Å². The second-order valence-corrected chi connectivity index (χ2v) is 6.47. The summed E-state index contributed by atoms with van der Waals surface area (Å²) in [6.07, 6.45) is 0. The third-order valence-corrected chi connectivity index (χ3v) is 4.72. The third-order valence-electron chi connectivity index (χ3n) is 4.72. The Bertz CT molecular complexity index is 808. The number of rotatable bonds is 3. The zero-order chi connectivity index (χ0) is 18.7. The van der Waals surface area contributed by atoms with Crippen molar-refractivity contribution in [3.05, 3.63) is 71.0 Å². The first-order valence-electron chi connectivity index (χ1n) is 8.62. The molecule has 1 aliphatic heterocycles. The van der Waals surface area contributed by atoms with Crippen LogP contribution in [0.4, 0.5) is 4.39 Å². The van der Waals surface area contributed by atoms with Crippen molar-refractivity contribution in [2.24, 2.45) is 5.73 Å². The number of halogens is 2. The maximum absolute atomic E-state index is 13.7. The number of carbonyl (C=O) groups excluding carboxylic acids is 2. The van der Waals surface area contributed by atoms with Crippen LogP contribution in [0, 0.1) is 12.7 Å². The number of aryl methyl sites for hydroxylation is 1. The molecule has 1 unspecified atom stereocenters. The Labute approximate surface area is 164 Å². The normalized spacial score (nSPS) is 15.1. The van der Waals surface area contributed by atoms with Crippen molar-refractivity contribution < 1.29 is 14.0 Å². The van der Waals surface area contributed by atoms with Gasteiger partial charge >= 0.3 is 0 Å². The molecule has 3 rings (SSSR count). The van der Waals surface area contributed by atoms with E-state index >= 15 is 0 Å². The predicted molar refractivity (Wildman–Crippen MR) is 104 cm³/mol. The highest BCUT2D eigenvalue weighted by Gasteiger charge is 2.28. The van der Waals surface area contributed by atoms with Gasteiger partial charge in [-0.2, -0.15) is 0 Å². The summed E-state index contributed by atoms with van der Waals surface area (Å²) in [6, 6.07) is 13.0. The van der Waals surface area contributed by atoms with Crippen LogP contribution in [-0.2, 0) is 4.79 Å². The van der Waals surface area contributed by atoms with Gasteiger partial charge in [0.05, 0.1) is 0 Å². The Hall–Kier alpha value is -2.44. The van der Waals surface area contributed by atoms with Gasteiger partial charge in [0, 0.05) is 31.7 Å². The average Bonchev–Trinajstić information content (AvgIpc) is 2.69. The Morgan fingerprint density at radius 1 is 1.00 bits per heavy atom. The number of nitrogens with two attached hydrogens (primary N) is 1. The number of hydrogen-bond acceptors (Lipinski definition) is 3. The average molecular weight is 392 g/mol. The van der Waals surface area contributed by atoms with Crippen LogP contribution >= 0.6 is 12.4 Å². The smallest absolute Gasteiger partial charge is 0.254 e. The zero-order valence-electron chi connectivity index (χ0n) is 15.1. The molecule has 1 aliphatic rings. The molecule has 0 bridgehead atoms. The van der Waals surface area contributed by atoms with Crippen molar-refractivity contribution >= 4 is 24.2 Å². The third kappa shape index (κ3) is 4.64. The van der Waals surface area contributed by atoms with Crippen LogP contribution in [-0.4, -0.2) is 47.8 Å². The van der Waals surface area contributed by atoms with Gasteiger partial charge in [0.15, 0.2) is 0 Å². The number of hydrogen-bond donors (Lipinski definition) is 1. The van der Waals surface area contributed by atoms with E-state index in [1.807, 2.05) is 30.3 Å². The molecule has 0 radical (unpaired) electrons. The summed E-state index contributed by atoms with van der Waals surface area (Å²) in [5.74, 6) is -0.758. The van der Waals surface area contributed by atoms with E-state index in [1.54, 1.807) is 28.9 Å². The number of piperazine rings is 1. The minimum absolute atomic E-state index is 0. The first-order valence-corrected chi connectivity index (χ1v) is 8.62. The Morgan fingerprint density at radius 3 is 2.19 bits per heavy atom. The van der Waals surface area contributed by atoms with Gasteiger partial charge < -0.3 is 15.5 Å². The summed E-state index contributed by atoms with van der Waals surface area (Å²) in [5, 5.41) is 0. The zero-order valence-corrected chi connectivity index (χ0v) is 15.9. The number of nitrogens with zero attached hydrogens (tertiary/aromatic N) is 2. The van der Waals surface area contributed by atoms with Gasteiger partial charge in [0.2, 0.25) is 5.91 Å². The number of amides is 2.